The topological polar surface area (TPSA) is 9.86 Å². The molecule has 0 saturated heterocycles. The van der Waals surface area contributed by atoms with Crippen LogP contribution in [0.25, 0.3) is 88.4 Å². The first-order valence-electron chi connectivity index (χ1n) is 17.2. The summed E-state index contributed by atoms with van der Waals surface area (Å²) >= 11 is 0. The molecule has 0 unspecified atom stereocenters. The van der Waals surface area contributed by atoms with Crippen LogP contribution in [0.2, 0.25) is 0 Å². The lowest BCUT2D eigenvalue weighted by Crippen LogP contribution is -1.98. The summed E-state index contributed by atoms with van der Waals surface area (Å²) in [7, 11) is 0. The quantitative estimate of drug-likeness (QED) is 0.178. The zero-order valence-electron chi connectivity index (χ0n) is 27.4. The van der Waals surface area contributed by atoms with Gasteiger partial charge in [-0.15, -0.1) is 0 Å². The standard InChI is InChI=1S/C48H32N2/c1-4-14-33(15-5-1)35-25-28-46-42(30-35)43-31-36(34-16-6-2-7-17-34)26-29-47(43)50(46)44-22-12-10-20-39(44)37-24-27-41-40-21-11-13-23-45(40)49(48(41)32-37)38-18-8-3-9-19-38/h1-32H. The summed E-state index contributed by atoms with van der Waals surface area (Å²) in [6, 6.07) is 70.4. The molecule has 50 heavy (non-hydrogen) atoms. The van der Waals surface area contributed by atoms with Crippen molar-refractivity contribution in [3.63, 3.8) is 0 Å². The SMILES string of the molecule is c1ccc(-c2ccc3c(c2)c2cc(-c4ccccc4)ccc2n3-c2ccccc2-c2ccc3c4ccccc4n(-c4ccccc4)c3c2)cc1. The number of rotatable bonds is 5. The average molecular weight is 637 g/mol. The highest BCUT2D eigenvalue weighted by atomic mass is 15.0. The van der Waals surface area contributed by atoms with E-state index in [1.54, 1.807) is 0 Å². The van der Waals surface area contributed by atoms with Gasteiger partial charge in [0.05, 0.1) is 27.8 Å². The van der Waals surface area contributed by atoms with E-state index in [9.17, 15) is 0 Å². The predicted molar refractivity (Wildman–Crippen MR) is 211 cm³/mol. The Balaban J connectivity index is 1.23. The first kappa shape index (κ1) is 28.4. The Bertz CT molecular complexity index is 2740. The summed E-state index contributed by atoms with van der Waals surface area (Å²) in [6.45, 7) is 0. The summed E-state index contributed by atoms with van der Waals surface area (Å²) in [5, 5.41) is 5.00. The van der Waals surface area contributed by atoms with Gasteiger partial charge in [-0.25, -0.2) is 0 Å². The van der Waals surface area contributed by atoms with E-state index in [0.29, 0.717) is 0 Å². The van der Waals surface area contributed by atoms with Crippen LogP contribution in [0.5, 0.6) is 0 Å². The lowest BCUT2D eigenvalue weighted by molar-refractivity contribution is 1.17. The fourth-order valence-electron chi connectivity index (χ4n) is 7.81. The maximum atomic E-state index is 2.46. The van der Waals surface area contributed by atoms with Crippen LogP contribution < -0.4 is 0 Å². The van der Waals surface area contributed by atoms with Crippen molar-refractivity contribution < 1.29 is 0 Å². The van der Waals surface area contributed by atoms with Gasteiger partial charge in [0.1, 0.15) is 0 Å². The van der Waals surface area contributed by atoms with Crippen LogP contribution in [0, 0.1) is 0 Å². The van der Waals surface area contributed by atoms with Crippen LogP contribution in [0.1, 0.15) is 0 Å². The monoisotopic (exact) mass is 636 g/mol. The van der Waals surface area contributed by atoms with E-state index < -0.39 is 0 Å². The molecule has 2 heterocycles. The third-order valence-corrected chi connectivity index (χ3v) is 10.1. The Kier molecular flexibility index (Phi) is 6.53. The second kappa shape index (κ2) is 11.5. The predicted octanol–water partition coefficient (Wildman–Crippen LogP) is 12.9. The highest BCUT2D eigenvalue weighted by Gasteiger charge is 2.19. The first-order chi connectivity index (χ1) is 24.8. The first-order valence-corrected chi connectivity index (χ1v) is 17.2. The van der Waals surface area contributed by atoms with Gasteiger partial charge in [0.25, 0.3) is 0 Å². The molecule has 10 aromatic rings. The molecule has 0 aliphatic heterocycles. The molecule has 0 aliphatic rings. The summed E-state index contributed by atoms with van der Waals surface area (Å²) in [5.41, 5.74) is 14.4. The summed E-state index contributed by atoms with van der Waals surface area (Å²) < 4.78 is 4.86. The van der Waals surface area contributed by atoms with Crippen LogP contribution in [0.4, 0.5) is 0 Å². The summed E-state index contributed by atoms with van der Waals surface area (Å²) in [4.78, 5) is 0. The molecule has 2 heteroatoms. The van der Waals surface area contributed by atoms with Gasteiger partial charge < -0.3 is 9.13 Å². The van der Waals surface area contributed by atoms with E-state index in [4.69, 9.17) is 0 Å². The van der Waals surface area contributed by atoms with E-state index in [1.807, 2.05) is 0 Å². The molecule has 0 spiro atoms. The number of fused-ring (bicyclic) bond motifs is 6. The Labute approximate surface area is 290 Å². The minimum Gasteiger partial charge on any atom is -0.309 e. The molecule has 0 aliphatic carbocycles. The second-order valence-electron chi connectivity index (χ2n) is 13.0. The highest BCUT2D eigenvalue weighted by molar-refractivity contribution is 6.13. The van der Waals surface area contributed by atoms with Crippen molar-refractivity contribution in [3.05, 3.63) is 194 Å². The number of benzene rings is 8. The highest BCUT2D eigenvalue weighted by Crippen LogP contribution is 2.41. The van der Waals surface area contributed by atoms with Gasteiger partial charge in [0.2, 0.25) is 0 Å². The summed E-state index contributed by atoms with van der Waals surface area (Å²) in [5.74, 6) is 0. The zero-order chi connectivity index (χ0) is 33.0. The van der Waals surface area contributed by atoms with Crippen LogP contribution >= 0.6 is 0 Å². The Hall–Kier alpha value is -6.64. The molecule has 2 aromatic heterocycles. The molecular formula is C48H32N2. The number of aromatic nitrogens is 2. The largest absolute Gasteiger partial charge is 0.309 e. The average Bonchev–Trinajstić information content (AvgIpc) is 3.70. The maximum absolute atomic E-state index is 2.46. The van der Waals surface area contributed by atoms with E-state index in [-0.39, 0.29) is 0 Å². The lowest BCUT2D eigenvalue weighted by atomic mass is 10.0. The second-order valence-corrected chi connectivity index (χ2v) is 13.0. The van der Waals surface area contributed by atoms with Crippen molar-refractivity contribution in [2.24, 2.45) is 0 Å². The number of hydrogen-bond acceptors (Lipinski definition) is 0. The van der Waals surface area contributed by atoms with Crippen molar-refractivity contribution in [3.8, 4) is 44.8 Å². The zero-order valence-corrected chi connectivity index (χ0v) is 27.4. The fourth-order valence-corrected chi connectivity index (χ4v) is 7.81. The van der Waals surface area contributed by atoms with E-state index in [1.165, 1.54) is 77.0 Å². The van der Waals surface area contributed by atoms with Crippen molar-refractivity contribution in [2.75, 3.05) is 0 Å². The van der Waals surface area contributed by atoms with Crippen LogP contribution in [0.15, 0.2) is 194 Å². The third-order valence-electron chi connectivity index (χ3n) is 10.1. The summed E-state index contributed by atoms with van der Waals surface area (Å²) in [6.07, 6.45) is 0. The minimum absolute atomic E-state index is 1.16. The van der Waals surface area contributed by atoms with Crippen LogP contribution in [0.3, 0.4) is 0 Å². The van der Waals surface area contributed by atoms with Crippen LogP contribution in [-0.2, 0) is 0 Å². The Morgan fingerprint density at radius 3 is 1.42 bits per heavy atom. The van der Waals surface area contributed by atoms with Gasteiger partial charge in [0, 0.05) is 32.8 Å². The van der Waals surface area contributed by atoms with E-state index in [0.717, 1.165) is 11.4 Å². The number of para-hydroxylation sites is 3. The van der Waals surface area contributed by atoms with E-state index >= 15 is 0 Å². The van der Waals surface area contributed by atoms with Gasteiger partial charge in [0.15, 0.2) is 0 Å². The molecule has 8 aromatic carbocycles. The molecule has 2 nitrogen and oxygen atoms in total. The van der Waals surface area contributed by atoms with Crippen molar-refractivity contribution in [2.45, 2.75) is 0 Å². The van der Waals surface area contributed by atoms with Gasteiger partial charge in [-0.3, -0.25) is 0 Å². The molecule has 0 atom stereocenters. The number of hydrogen-bond donors (Lipinski definition) is 0. The van der Waals surface area contributed by atoms with Gasteiger partial charge in [-0.2, -0.15) is 0 Å². The molecule has 0 fully saturated rings. The minimum atomic E-state index is 1.16. The third kappa shape index (κ3) is 4.50. The molecule has 10 rings (SSSR count). The molecule has 0 saturated carbocycles. The molecule has 234 valence electrons. The van der Waals surface area contributed by atoms with Crippen molar-refractivity contribution in [1.29, 1.82) is 0 Å². The fraction of sp³-hybridized carbons (Fsp3) is 0. The van der Waals surface area contributed by atoms with Crippen LogP contribution in [-0.4, -0.2) is 9.13 Å². The molecule has 0 radical (unpaired) electrons. The molecule has 0 bridgehead atoms. The molecule has 0 N–H and O–H groups in total. The van der Waals surface area contributed by atoms with Crippen molar-refractivity contribution >= 4 is 43.6 Å². The normalized spacial score (nSPS) is 11.6. The van der Waals surface area contributed by atoms with Gasteiger partial charge >= 0.3 is 0 Å². The van der Waals surface area contributed by atoms with Crippen molar-refractivity contribution in [1.82, 2.24) is 9.13 Å². The smallest absolute Gasteiger partial charge is 0.0547 e. The molecular weight excluding hydrogens is 605 g/mol. The van der Waals surface area contributed by atoms with E-state index in [2.05, 4.69) is 203 Å². The van der Waals surface area contributed by atoms with Gasteiger partial charge in [-0.1, -0.05) is 140 Å². The number of nitrogens with zero attached hydrogens (tertiary/aromatic N) is 2. The van der Waals surface area contributed by atoms with Gasteiger partial charge in [-0.05, 0) is 82.4 Å². The maximum Gasteiger partial charge on any atom is 0.0547 e. The Morgan fingerprint density at radius 1 is 0.260 bits per heavy atom. The lowest BCUT2D eigenvalue weighted by Gasteiger charge is -2.15. The molecule has 0 amide bonds. The Morgan fingerprint density at radius 2 is 0.760 bits per heavy atom.